The minimum Gasteiger partial charge on any atom is -0.394 e. The minimum absolute atomic E-state index is 0.0122. The first-order valence-electron chi connectivity index (χ1n) is 7.41. The van der Waals surface area contributed by atoms with Crippen LogP contribution < -0.4 is 0 Å². The van der Waals surface area contributed by atoms with E-state index < -0.39 is 0 Å². The van der Waals surface area contributed by atoms with E-state index in [9.17, 15) is 10.2 Å². The Morgan fingerprint density at radius 2 is 1.90 bits per heavy atom. The van der Waals surface area contributed by atoms with Gasteiger partial charge in [-0.15, -0.1) is 0 Å². The Bertz CT molecular complexity index is 414. The van der Waals surface area contributed by atoms with Gasteiger partial charge in [-0.3, -0.25) is 0 Å². The van der Waals surface area contributed by atoms with Crippen LogP contribution in [0.4, 0.5) is 0 Å². The van der Waals surface area contributed by atoms with Crippen LogP contribution in [0.25, 0.3) is 0 Å². The third-order valence-corrected chi connectivity index (χ3v) is 4.94. The summed E-state index contributed by atoms with van der Waals surface area (Å²) in [6, 6.07) is 10.0. The van der Waals surface area contributed by atoms with Crippen LogP contribution in [0.3, 0.4) is 0 Å². The molecular formula is C17H26O3. The molecule has 4 atom stereocenters. The average Bonchev–Trinajstić information content (AvgIpc) is 2.42. The summed E-state index contributed by atoms with van der Waals surface area (Å²) >= 11 is 0. The highest BCUT2D eigenvalue weighted by Crippen LogP contribution is 2.54. The Labute approximate surface area is 121 Å². The zero-order chi connectivity index (χ0) is 14.8. The fourth-order valence-electron chi connectivity index (χ4n) is 3.52. The molecule has 0 heterocycles. The number of rotatable bonds is 6. The summed E-state index contributed by atoms with van der Waals surface area (Å²) in [7, 11) is 0. The van der Waals surface area contributed by atoms with Gasteiger partial charge in [-0.1, -0.05) is 44.2 Å². The van der Waals surface area contributed by atoms with E-state index in [2.05, 4.69) is 13.8 Å². The predicted molar refractivity (Wildman–Crippen MR) is 79.2 cm³/mol. The van der Waals surface area contributed by atoms with Gasteiger partial charge in [0, 0.05) is 0 Å². The lowest BCUT2D eigenvalue weighted by Crippen LogP contribution is -2.55. The van der Waals surface area contributed by atoms with E-state index in [1.807, 2.05) is 37.3 Å². The molecule has 0 bridgehead atoms. The van der Waals surface area contributed by atoms with Crippen LogP contribution in [-0.2, 0) is 11.3 Å². The van der Waals surface area contributed by atoms with Crippen molar-refractivity contribution in [3.63, 3.8) is 0 Å². The first-order valence-corrected chi connectivity index (χ1v) is 7.41. The van der Waals surface area contributed by atoms with Crippen molar-refractivity contribution in [2.75, 3.05) is 6.61 Å². The van der Waals surface area contributed by atoms with Gasteiger partial charge < -0.3 is 14.9 Å². The molecule has 0 aliphatic heterocycles. The molecule has 2 N–H and O–H groups in total. The van der Waals surface area contributed by atoms with E-state index in [4.69, 9.17) is 4.74 Å². The summed E-state index contributed by atoms with van der Waals surface area (Å²) in [5, 5.41) is 19.4. The van der Waals surface area contributed by atoms with E-state index in [0.717, 1.165) is 12.0 Å². The Balaban J connectivity index is 1.93. The largest absolute Gasteiger partial charge is 0.394 e. The molecule has 20 heavy (non-hydrogen) atoms. The lowest BCUT2D eigenvalue weighted by molar-refractivity contribution is -0.164. The van der Waals surface area contributed by atoms with Gasteiger partial charge in [0.05, 0.1) is 25.4 Å². The maximum absolute atomic E-state index is 9.78. The first-order chi connectivity index (χ1) is 9.46. The molecule has 3 heteroatoms. The molecule has 0 amide bonds. The SMILES string of the molecule is CC(O)[C@@H]1C[C@H]([C@H](CO)OCc2ccccc2)C1(C)C. The molecule has 0 aromatic heterocycles. The number of ether oxygens (including phenoxy) is 1. The summed E-state index contributed by atoms with van der Waals surface area (Å²) in [6.07, 6.45) is 0.472. The predicted octanol–water partition coefficient (Wildman–Crippen LogP) is 2.61. The Morgan fingerprint density at radius 1 is 1.25 bits per heavy atom. The van der Waals surface area contributed by atoms with Gasteiger partial charge in [0.1, 0.15) is 0 Å². The zero-order valence-electron chi connectivity index (χ0n) is 12.6. The van der Waals surface area contributed by atoms with Gasteiger partial charge in [-0.2, -0.15) is 0 Å². The molecule has 1 aromatic carbocycles. The summed E-state index contributed by atoms with van der Waals surface area (Å²) in [5.41, 5.74) is 1.13. The molecular weight excluding hydrogens is 252 g/mol. The molecule has 112 valence electrons. The molecule has 1 saturated carbocycles. The Hall–Kier alpha value is -0.900. The average molecular weight is 278 g/mol. The van der Waals surface area contributed by atoms with E-state index >= 15 is 0 Å². The van der Waals surface area contributed by atoms with Crippen LogP contribution >= 0.6 is 0 Å². The number of hydrogen-bond donors (Lipinski definition) is 2. The van der Waals surface area contributed by atoms with Crippen LogP contribution in [-0.4, -0.2) is 29.0 Å². The molecule has 1 fully saturated rings. The second-order valence-electron chi connectivity index (χ2n) is 6.53. The van der Waals surface area contributed by atoms with Gasteiger partial charge in [0.2, 0.25) is 0 Å². The van der Waals surface area contributed by atoms with E-state index in [-0.39, 0.29) is 24.2 Å². The normalized spacial score (nSPS) is 27.6. The van der Waals surface area contributed by atoms with Crippen molar-refractivity contribution in [2.24, 2.45) is 17.3 Å². The van der Waals surface area contributed by atoms with Crippen LogP contribution in [0.2, 0.25) is 0 Å². The fourth-order valence-corrected chi connectivity index (χ4v) is 3.52. The highest BCUT2D eigenvalue weighted by atomic mass is 16.5. The number of benzene rings is 1. The summed E-state index contributed by atoms with van der Waals surface area (Å²) in [5.74, 6) is 0.595. The maximum Gasteiger partial charge on any atom is 0.0843 e. The van der Waals surface area contributed by atoms with Crippen LogP contribution in [0.1, 0.15) is 32.8 Å². The molecule has 1 aliphatic rings. The fraction of sp³-hybridized carbons (Fsp3) is 0.647. The van der Waals surface area contributed by atoms with Gasteiger partial charge in [-0.05, 0) is 36.2 Å². The Kier molecular flexibility index (Phi) is 4.84. The van der Waals surface area contributed by atoms with Gasteiger partial charge in [0.15, 0.2) is 0 Å². The monoisotopic (exact) mass is 278 g/mol. The van der Waals surface area contributed by atoms with Gasteiger partial charge in [-0.25, -0.2) is 0 Å². The first kappa shape index (κ1) is 15.5. The number of aliphatic hydroxyl groups excluding tert-OH is 2. The molecule has 0 saturated heterocycles. The number of aliphatic hydroxyl groups is 2. The van der Waals surface area contributed by atoms with Gasteiger partial charge in [0.25, 0.3) is 0 Å². The quantitative estimate of drug-likeness (QED) is 0.841. The smallest absolute Gasteiger partial charge is 0.0843 e. The van der Waals surface area contributed by atoms with Crippen molar-refractivity contribution in [3.05, 3.63) is 35.9 Å². The van der Waals surface area contributed by atoms with Crippen molar-refractivity contribution in [2.45, 2.75) is 46.0 Å². The molecule has 1 aliphatic carbocycles. The van der Waals surface area contributed by atoms with Crippen LogP contribution in [0.5, 0.6) is 0 Å². The summed E-state index contributed by atoms with van der Waals surface area (Å²) in [4.78, 5) is 0. The second-order valence-corrected chi connectivity index (χ2v) is 6.53. The lowest BCUT2D eigenvalue weighted by atomic mass is 9.51. The molecule has 1 unspecified atom stereocenters. The maximum atomic E-state index is 9.78. The highest BCUT2D eigenvalue weighted by Gasteiger charge is 2.53. The van der Waals surface area contributed by atoms with E-state index in [1.54, 1.807) is 0 Å². The minimum atomic E-state index is -0.297. The van der Waals surface area contributed by atoms with E-state index in [0.29, 0.717) is 18.4 Å². The number of hydrogen-bond acceptors (Lipinski definition) is 3. The molecule has 1 aromatic rings. The highest BCUT2D eigenvalue weighted by molar-refractivity contribution is 5.13. The summed E-state index contributed by atoms with van der Waals surface area (Å²) in [6.45, 7) is 6.73. The third kappa shape index (κ3) is 3.05. The van der Waals surface area contributed by atoms with Crippen molar-refractivity contribution < 1.29 is 14.9 Å². The van der Waals surface area contributed by atoms with Crippen molar-refractivity contribution in [1.82, 2.24) is 0 Å². The standard InChI is InChI=1S/C17H26O3/c1-12(19)14-9-15(17(14,2)3)16(10-18)20-11-13-7-5-4-6-8-13/h4-8,12,14-16,18-19H,9-11H2,1-3H3/t12?,14-,15+,16-/m0/s1. The molecule has 0 spiro atoms. The van der Waals surface area contributed by atoms with Crippen LogP contribution in [0, 0.1) is 17.3 Å². The summed E-state index contributed by atoms with van der Waals surface area (Å²) < 4.78 is 5.91. The molecule has 2 rings (SSSR count). The molecule has 3 nitrogen and oxygen atoms in total. The molecule has 0 radical (unpaired) electrons. The third-order valence-electron chi connectivity index (χ3n) is 4.94. The Morgan fingerprint density at radius 3 is 2.40 bits per heavy atom. The topological polar surface area (TPSA) is 49.7 Å². The van der Waals surface area contributed by atoms with Gasteiger partial charge >= 0.3 is 0 Å². The van der Waals surface area contributed by atoms with E-state index in [1.165, 1.54) is 0 Å². The van der Waals surface area contributed by atoms with Crippen molar-refractivity contribution >= 4 is 0 Å². The van der Waals surface area contributed by atoms with Crippen molar-refractivity contribution in [3.8, 4) is 0 Å². The lowest BCUT2D eigenvalue weighted by Gasteiger charge is -2.56. The second kappa shape index (κ2) is 6.25. The zero-order valence-corrected chi connectivity index (χ0v) is 12.6. The van der Waals surface area contributed by atoms with Crippen LogP contribution in [0.15, 0.2) is 30.3 Å². The van der Waals surface area contributed by atoms with Crippen molar-refractivity contribution in [1.29, 1.82) is 0 Å².